The maximum absolute atomic E-state index is 6.09. The minimum atomic E-state index is 0.535. The van der Waals surface area contributed by atoms with Crippen molar-refractivity contribution >= 4 is 17.0 Å². The number of rotatable bonds is 1. The third-order valence-electron chi connectivity index (χ3n) is 3.43. The minimum Gasteiger partial charge on any atom is -0.369 e. The second-order valence-electron chi connectivity index (χ2n) is 5.09. The second-order valence-corrected chi connectivity index (χ2v) is 5.09. The van der Waals surface area contributed by atoms with Crippen LogP contribution >= 0.6 is 0 Å². The lowest BCUT2D eigenvalue weighted by atomic mass is 10.1. The Bertz CT molecular complexity index is 769. The summed E-state index contributed by atoms with van der Waals surface area (Å²) in [5, 5.41) is 0. The van der Waals surface area contributed by atoms with Crippen LogP contribution in [-0.4, -0.2) is 9.55 Å². The number of imidazole rings is 1. The average Bonchev–Trinajstić information content (AvgIpc) is 2.65. The Balaban J connectivity index is 2.33. The summed E-state index contributed by atoms with van der Waals surface area (Å²) in [4.78, 5) is 4.45. The number of benzene rings is 2. The van der Waals surface area contributed by atoms with E-state index in [0.29, 0.717) is 5.95 Å². The van der Waals surface area contributed by atoms with E-state index in [1.165, 1.54) is 16.7 Å². The van der Waals surface area contributed by atoms with Crippen molar-refractivity contribution in [1.82, 2.24) is 9.55 Å². The molecule has 0 radical (unpaired) electrons. The van der Waals surface area contributed by atoms with Crippen molar-refractivity contribution < 1.29 is 0 Å². The molecule has 0 atom stereocenters. The van der Waals surface area contributed by atoms with Gasteiger partial charge in [0.1, 0.15) is 0 Å². The van der Waals surface area contributed by atoms with Crippen LogP contribution in [0.4, 0.5) is 5.95 Å². The number of nitrogens with two attached hydrogens (primary N) is 1. The smallest absolute Gasteiger partial charge is 0.205 e. The van der Waals surface area contributed by atoms with E-state index in [4.69, 9.17) is 5.73 Å². The standard InChI is InChI=1S/C16H17N3/c1-10-4-6-14(12(3)8-10)19-15-7-5-11(2)9-13(15)18-16(19)17/h4-9H,1-3H3,(H2,17,18). The van der Waals surface area contributed by atoms with Crippen LogP contribution in [0.25, 0.3) is 16.7 Å². The molecule has 0 spiro atoms. The Labute approximate surface area is 112 Å². The van der Waals surface area contributed by atoms with Gasteiger partial charge in [-0.25, -0.2) is 4.98 Å². The van der Waals surface area contributed by atoms with Crippen LogP contribution in [0.2, 0.25) is 0 Å². The highest BCUT2D eigenvalue weighted by molar-refractivity contribution is 5.81. The van der Waals surface area contributed by atoms with Gasteiger partial charge in [0.25, 0.3) is 0 Å². The van der Waals surface area contributed by atoms with Gasteiger partial charge in [-0.2, -0.15) is 0 Å². The normalized spacial score (nSPS) is 11.1. The number of aromatic nitrogens is 2. The van der Waals surface area contributed by atoms with E-state index in [1.54, 1.807) is 0 Å². The summed E-state index contributed by atoms with van der Waals surface area (Å²) in [6.07, 6.45) is 0. The molecule has 0 aliphatic heterocycles. The van der Waals surface area contributed by atoms with Gasteiger partial charge in [-0.05, 0) is 50.1 Å². The number of aryl methyl sites for hydroxylation is 3. The summed E-state index contributed by atoms with van der Waals surface area (Å²) in [6.45, 7) is 6.25. The Morgan fingerprint density at radius 3 is 2.37 bits per heavy atom. The second kappa shape index (κ2) is 4.12. The maximum atomic E-state index is 6.09. The third-order valence-corrected chi connectivity index (χ3v) is 3.43. The van der Waals surface area contributed by atoms with Gasteiger partial charge < -0.3 is 5.73 Å². The molecule has 0 saturated heterocycles. The first-order valence-electron chi connectivity index (χ1n) is 6.38. The predicted octanol–water partition coefficient (Wildman–Crippen LogP) is 3.53. The van der Waals surface area contributed by atoms with E-state index < -0.39 is 0 Å². The molecule has 1 heterocycles. The molecule has 3 aromatic rings. The van der Waals surface area contributed by atoms with E-state index in [9.17, 15) is 0 Å². The first-order chi connectivity index (χ1) is 9.06. The monoisotopic (exact) mass is 251 g/mol. The first-order valence-corrected chi connectivity index (χ1v) is 6.38. The van der Waals surface area contributed by atoms with Gasteiger partial charge in [0.05, 0.1) is 16.7 Å². The Kier molecular flexibility index (Phi) is 2.56. The van der Waals surface area contributed by atoms with Crippen molar-refractivity contribution in [2.75, 3.05) is 5.73 Å². The first kappa shape index (κ1) is 11.8. The fourth-order valence-electron chi connectivity index (χ4n) is 2.52. The van der Waals surface area contributed by atoms with E-state index >= 15 is 0 Å². The van der Waals surface area contributed by atoms with Crippen molar-refractivity contribution in [1.29, 1.82) is 0 Å². The van der Waals surface area contributed by atoms with Gasteiger partial charge in [0, 0.05) is 0 Å². The van der Waals surface area contributed by atoms with Crippen molar-refractivity contribution in [2.45, 2.75) is 20.8 Å². The summed E-state index contributed by atoms with van der Waals surface area (Å²) in [7, 11) is 0. The van der Waals surface area contributed by atoms with Crippen molar-refractivity contribution in [3.63, 3.8) is 0 Å². The van der Waals surface area contributed by atoms with Gasteiger partial charge >= 0.3 is 0 Å². The molecular formula is C16H17N3. The average molecular weight is 251 g/mol. The van der Waals surface area contributed by atoms with Gasteiger partial charge in [0.2, 0.25) is 5.95 Å². The van der Waals surface area contributed by atoms with Crippen LogP contribution < -0.4 is 5.73 Å². The molecule has 0 saturated carbocycles. The molecule has 0 fully saturated rings. The van der Waals surface area contributed by atoms with Gasteiger partial charge in [0.15, 0.2) is 0 Å². The SMILES string of the molecule is Cc1ccc(-n2c(N)nc3cc(C)ccc32)c(C)c1. The molecule has 0 amide bonds. The molecule has 0 unspecified atom stereocenters. The lowest BCUT2D eigenvalue weighted by molar-refractivity contribution is 1.09. The molecule has 0 aliphatic rings. The largest absolute Gasteiger partial charge is 0.369 e. The number of anilines is 1. The third kappa shape index (κ3) is 1.87. The minimum absolute atomic E-state index is 0.535. The van der Waals surface area contributed by atoms with E-state index in [-0.39, 0.29) is 0 Å². The zero-order chi connectivity index (χ0) is 13.6. The maximum Gasteiger partial charge on any atom is 0.205 e. The van der Waals surface area contributed by atoms with E-state index in [1.807, 2.05) is 4.57 Å². The highest BCUT2D eigenvalue weighted by atomic mass is 15.2. The lowest BCUT2D eigenvalue weighted by Gasteiger charge is -2.10. The fraction of sp³-hybridized carbons (Fsp3) is 0.188. The quantitative estimate of drug-likeness (QED) is 0.719. The van der Waals surface area contributed by atoms with E-state index in [0.717, 1.165) is 16.7 Å². The zero-order valence-corrected chi connectivity index (χ0v) is 11.4. The fourth-order valence-corrected chi connectivity index (χ4v) is 2.52. The highest BCUT2D eigenvalue weighted by Crippen LogP contribution is 2.26. The summed E-state index contributed by atoms with van der Waals surface area (Å²) < 4.78 is 2.02. The molecule has 19 heavy (non-hydrogen) atoms. The van der Waals surface area contributed by atoms with Crippen molar-refractivity contribution in [2.24, 2.45) is 0 Å². The predicted molar refractivity (Wildman–Crippen MR) is 79.7 cm³/mol. The Morgan fingerprint density at radius 2 is 1.63 bits per heavy atom. The topological polar surface area (TPSA) is 43.8 Å². The van der Waals surface area contributed by atoms with Gasteiger partial charge in [-0.3, -0.25) is 4.57 Å². The highest BCUT2D eigenvalue weighted by Gasteiger charge is 2.11. The summed E-state index contributed by atoms with van der Waals surface area (Å²) >= 11 is 0. The number of nitrogen functional groups attached to an aromatic ring is 1. The van der Waals surface area contributed by atoms with Crippen LogP contribution in [-0.2, 0) is 0 Å². The molecule has 0 bridgehead atoms. The number of fused-ring (bicyclic) bond motifs is 1. The summed E-state index contributed by atoms with van der Waals surface area (Å²) in [6, 6.07) is 12.6. The van der Waals surface area contributed by atoms with Crippen molar-refractivity contribution in [3.8, 4) is 5.69 Å². The Hall–Kier alpha value is -2.29. The summed E-state index contributed by atoms with van der Waals surface area (Å²) in [5.41, 5.74) is 12.8. The number of nitrogens with zero attached hydrogens (tertiary/aromatic N) is 2. The molecule has 2 aromatic carbocycles. The molecule has 2 N–H and O–H groups in total. The van der Waals surface area contributed by atoms with Gasteiger partial charge in [-0.15, -0.1) is 0 Å². The van der Waals surface area contributed by atoms with Crippen LogP contribution in [0.15, 0.2) is 36.4 Å². The zero-order valence-electron chi connectivity index (χ0n) is 11.4. The Morgan fingerprint density at radius 1 is 0.947 bits per heavy atom. The summed E-state index contributed by atoms with van der Waals surface area (Å²) in [5.74, 6) is 0.535. The van der Waals surface area contributed by atoms with Gasteiger partial charge in [-0.1, -0.05) is 23.8 Å². The molecule has 1 aromatic heterocycles. The molecular weight excluding hydrogens is 234 g/mol. The van der Waals surface area contributed by atoms with E-state index in [2.05, 4.69) is 62.2 Å². The molecule has 3 nitrogen and oxygen atoms in total. The van der Waals surface area contributed by atoms with Crippen LogP contribution in [0.5, 0.6) is 0 Å². The number of hydrogen-bond donors (Lipinski definition) is 1. The van der Waals surface area contributed by atoms with Crippen LogP contribution in [0.1, 0.15) is 16.7 Å². The molecule has 3 rings (SSSR count). The van der Waals surface area contributed by atoms with Crippen LogP contribution in [0.3, 0.4) is 0 Å². The lowest BCUT2D eigenvalue weighted by Crippen LogP contribution is -2.02. The number of hydrogen-bond acceptors (Lipinski definition) is 2. The molecule has 0 aliphatic carbocycles. The molecule has 3 heteroatoms. The van der Waals surface area contributed by atoms with Crippen LogP contribution in [0, 0.1) is 20.8 Å². The van der Waals surface area contributed by atoms with Crippen molar-refractivity contribution in [3.05, 3.63) is 53.1 Å². The molecule has 96 valence electrons.